The van der Waals surface area contributed by atoms with Gasteiger partial charge < -0.3 is 5.73 Å². The molecule has 1 saturated heterocycles. The zero-order valence-electron chi connectivity index (χ0n) is 11.0. The molecule has 0 radical (unpaired) electrons. The number of hydrogen-bond acceptors (Lipinski definition) is 3. The van der Waals surface area contributed by atoms with E-state index in [2.05, 4.69) is 15.9 Å². The zero-order chi connectivity index (χ0) is 14.0. The average molecular weight is 347 g/mol. The number of benzene rings is 1. The molecule has 19 heavy (non-hydrogen) atoms. The predicted molar refractivity (Wildman–Crippen MR) is 79.4 cm³/mol. The van der Waals surface area contributed by atoms with Crippen molar-refractivity contribution in [2.45, 2.75) is 37.6 Å². The van der Waals surface area contributed by atoms with E-state index in [9.17, 15) is 8.42 Å². The number of hydrogen-bond donors (Lipinski definition) is 1. The smallest absolute Gasteiger partial charge is 0.244 e. The Labute approximate surface area is 123 Å². The first-order valence-corrected chi connectivity index (χ1v) is 8.69. The summed E-state index contributed by atoms with van der Waals surface area (Å²) in [4.78, 5) is 0.342. The van der Waals surface area contributed by atoms with Crippen LogP contribution in [-0.4, -0.2) is 25.8 Å². The number of rotatable bonds is 3. The van der Waals surface area contributed by atoms with Crippen LogP contribution in [0.2, 0.25) is 0 Å². The second-order valence-electron chi connectivity index (χ2n) is 4.89. The highest BCUT2D eigenvalue weighted by Gasteiger charge is 2.28. The van der Waals surface area contributed by atoms with Gasteiger partial charge in [0.1, 0.15) is 0 Å². The van der Waals surface area contributed by atoms with Gasteiger partial charge in [-0.25, -0.2) is 8.42 Å². The van der Waals surface area contributed by atoms with Crippen molar-refractivity contribution in [3.8, 4) is 0 Å². The van der Waals surface area contributed by atoms with Crippen molar-refractivity contribution in [3.05, 3.63) is 27.7 Å². The molecule has 2 N–H and O–H groups in total. The van der Waals surface area contributed by atoms with Crippen LogP contribution in [0, 0.1) is 6.92 Å². The Hall–Kier alpha value is -0.430. The number of sulfonamides is 1. The molecular weight excluding hydrogens is 328 g/mol. The van der Waals surface area contributed by atoms with E-state index in [1.165, 1.54) is 0 Å². The minimum atomic E-state index is -3.42. The van der Waals surface area contributed by atoms with Crippen molar-refractivity contribution in [2.24, 2.45) is 5.73 Å². The minimum Gasteiger partial charge on any atom is -0.326 e. The molecule has 1 aliphatic heterocycles. The first kappa shape index (κ1) is 15.0. The molecule has 0 saturated carbocycles. The molecule has 106 valence electrons. The maximum Gasteiger partial charge on any atom is 0.244 e. The van der Waals surface area contributed by atoms with Crippen molar-refractivity contribution in [2.75, 3.05) is 13.1 Å². The van der Waals surface area contributed by atoms with Gasteiger partial charge in [0.25, 0.3) is 0 Å². The maximum absolute atomic E-state index is 12.7. The highest BCUT2D eigenvalue weighted by molar-refractivity contribution is 9.10. The lowest BCUT2D eigenvalue weighted by atomic mass is 10.1. The van der Waals surface area contributed by atoms with E-state index in [-0.39, 0.29) is 0 Å². The standard InChI is InChI=1S/C13H19BrN2O2S/c1-10-7-11(9-15)8-12(13(10)14)19(17,18)16-5-3-2-4-6-16/h7-8H,2-6,9,15H2,1H3. The fraction of sp³-hybridized carbons (Fsp3) is 0.538. The molecule has 1 aliphatic rings. The Kier molecular flexibility index (Phi) is 4.66. The molecule has 0 aromatic heterocycles. The lowest BCUT2D eigenvalue weighted by Crippen LogP contribution is -2.35. The molecule has 1 fully saturated rings. The first-order valence-electron chi connectivity index (χ1n) is 6.46. The van der Waals surface area contributed by atoms with Gasteiger partial charge >= 0.3 is 0 Å². The summed E-state index contributed by atoms with van der Waals surface area (Å²) in [6, 6.07) is 3.60. The Morgan fingerprint density at radius 2 is 1.89 bits per heavy atom. The van der Waals surface area contributed by atoms with Crippen molar-refractivity contribution < 1.29 is 8.42 Å². The Morgan fingerprint density at radius 1 is 1.26 bits per heavy atom. The van der Waals surface area contributed by atoms with Crippen LogP contribution in [-0.2, 0) is 16.6 Å². The van der Waals surface area contributed by atoms with Crippen LogP contribution >= 0.6 is 15.9 Å². The highest BCUT2D eigenvalue weighted by Crippen LogP contribution is 2.30. The topological polar surface area (TPSA) is 63.4 Å². The number of aryl methyl sites for hydroxylation is 1. The number of nitrogens with two attached hydrogens (primary N) is 1. The SMILES string of the molecule is Cc1cc(CN)cc(S(=O)(=O)N2CCCCC2)c1Br. The largest absolute Gasteiger partial charge is 0.326 e. The summed E-state index contributed by atoms with van der Waals surface area (Å²) >= 11 is 3.40. The van der Waals surface area contributed by atoms with E-state index in [0.717, 1.165) is 30.4 Å². The molecule has 1 aromatic carbocycles. The summed E-state index contributed by atoms with van der Waals surface area (Å²) < 4.78 is 27.6. The molecule has 1 aromatic rings. The monoisotopic (exact) mass is 346 g/mol. The molecule has 1 heterocycles. The van der Waals surface area contributed by atoms with Crippen LogP contribution in [0.15, 0.2) is 21.5 Å². The second-order valence-corrected chi connectivity index (χ2v) is 7.59. The second kappa shape index (κ2) is 5.91. The normalized spacial score (nSPS) is 17.6. The average Bonchev–Trinajstić information content (AvgIpc) is 2.42. The molecule has 0 spiro atoms. The van der Waals surface area contributed by atoms with E-state index in [1.807, 2.05) is 13.0 Å². The van der Waals surface area contributed by atoms with Crippen LogP contribution in [0.4, 0.5) is 0 Å². The molecule has 2 rings (SSSR count). The predicted octanol–water partition coefficient (Wildman–Crippen LogP) is 2.39. The van der Waals surface area contributed by atoms with Gasteiger partial charge in [-0.05, 0) is 52.9 Å². The van der Waals surface area contributed by atoms with Crippen LogP contribution < -0.4 is 5.73 Å². The van der Waals surface area contributed by atoms with Crippen LogP contribution in [0.25, 0.3) is 0 Å². The van der Waals surface area contributed by atoms with E-state index >= 15 is 0 Å². The summed E-state index contributed by atoms with van der Waals surface area (Å²) in [6.07, 6.45) is 2.98. The molecule has 4 nitrogen and oxygen atoms in total. The van der Waals surface area contributed by atoms with Gasteiger partial charge in [0.05, 0.1) is 4.90 Å². The molecule has 0 amide bonds. The van der Waals surface area contributed by atoms with Gasteiger partial charge in [0, 0.05) is 24.1 Å². The lowest BCUT2D eigenvalue weighted by Gasteiger charge is -2.26. The van der Waals surface area contributed by atoms with Gasteiger partial charge in [-0.15, -0.1) is 0 Å². The van der Waals surface area contributed by atoms with Crippen molar-refractivity contribution in [1.29, 1.82) is 0 Å². The van der Waals surface area contributed by atoms with E-state index in [4.69, 9.17) is 5.73 Å². The van der Waals surface area contributed by atoms with Gasteiger partial charge in [-0.1, -0.05) is 12.5 Å². The van der Waals surface area contributed by atoms with E-state index in [0.29, 0.717) is 29.0 Å². The summed E-state index contributed by atoms with van der Waals surface area (Å²) in [6.45, 7) is 3.45. The quantitative estimate of drug-likeness (QED) is 0.913. The molecule has 0 aliphatic carbocycles. The Bertz CT molecular complexity index is 566. The van der Waals surface area contributed by atoms with Gasteiger partial charge in [0.15, 0.2) is 0 Å². The third-order valence-electron chi connectivity index (χ3n) is 3.45. The first-order chi connectivity index (χ1) is 8.96. The summed E-state index contributed by atoms with van der Waals surface area (Å²) in [5.74, 6) is 0. The zero-order valence-corrected chi connectivity index (χ0v) is 13.4. The third-order valence-corrected chi connectivity index (χ3v) is 6.69. The molecule has 0 bridgehead atoms. The summed E-state index contributed by atoms with van der Waals surface area (Å²) in [5, 5.41) is 0. The number of nitrogens with zero attached hydrogens (tertiary/aromatic N) is 1. The number of halogens is 1. The van der Waals surface area contributed by atoms with Crippen LogP contribution in [0.3, 0.4) is 0 Å². The van der Waals surface area contributed by atoms with Gasteiger partial charge in [-0.2, -0.15) is 4.31 Å². The van der Waals surface area contributed by atoms with Crippen molar-refractivity contribution >= 4 is 26.0 Å². The van der Waals surface area contributed by atoms with E-state index < -0.39 is 10.0 Å². The molecule has 0 unspecified atom stereocenters. The minimum absolute atomic E-state index is 0.342. The Balaban J connectivity index is 2.47. The third kappa shape index (κ3) is 3.02. The van der Waals surface area contributed by atoms with E-state index in [1.54, 1.807) is 10.4 Å². The summed E-state index contributed by atoms with van der Waals surface area (Å²) in [5.41, 5.74) is 7.38. The van der Waals surface area contributed by atoms with Gasteiger partial charge in [0.2, 0.25) is 10.0 Å². The molecule has 0 atom stereocenters. The highest BCUT2D eigenvalue weighted by atomic mass is 79.9. The maximum atomic E-state index is 12.7. The Morgan fingerprint density at radius 3 is 2.47 bits per heavy atom. The fourth-order valence-electron chi connectivity index (χ4n) is 2.36. The number of piperidine rings is 1. The van der Waals surface area contributed by atoms with Crippen LogP contribution in [0.5, 0.6) is 0 Å². The van der Waals surface area contributed by atoms with Crippen LogP contribution in [0.1, 0.15) is 30.4 Å². The van der Waals surface area contributed by atoms with Gasteiger partial charge in [-0.3, -0.25) is 0 Å². The van der Waals surface area contributed by atoms with Crippen molar-refractivity contribution in [1.82, 2.24) is 4.31 Å². The molecule has 6 heteroatoms. The lowest BCUT2D eigenvalue weighted by molar-refractivity contribution is 0.346. The molecular formula is C13H19BrN2O2S. The summed E-state index contributed by atoms with van der Waals surface area (Å²) in [7, 11) is -3.42. The van der Waals surface area contributed by atoms with Crippen molar-refractivity contribution in [3.63, 3.8) is 0 Å². The fourth-order valence-corrected chi connectivity index (χ4v) is 4.91.